The summed E-state index contributed by atoms with van der Waals surface area (Å²) in [6.45, 7) is 2.65. The zero-order chi connectivity index (χ0) is 10.0. The van der Waals surface area contributed by atoms with Crippen molar-refractivity contribution in [3.05, 3.63) is 0 Å². The van der Waals surface area contributed by atoms with Crippen LogP contribution in [-0.2, 0) is 0 Å². The lowest BCUT2D eigenvalue weighted by atomic mass is 9.76. The fourth-order valence-corrected chi connectivity index (χ4v) is 2.65. The summed E-state index contributed by atoms with van der Waals surface area (Å²) in [5, 5.41) is 13.2. The molecule has 14 heavy (non-hydrogen) atoms. The van der Waals surface area contributed by atoms with Gasteiger partial charge in [0.25, 0.3) is 0 Å². The van der Waals surface area contributed by atoms with E-state index < -0.39 is 0 Å². The molecule has 0 aliphatic heterocycles. The highest BCUT2D eigenvalue weighted by Gasteiger charge is 2.36. The van der Waals surface area contributed by atoms with Gasteiger partial charge in [-0.3, -0.25) is 0 Å². The fourth-order valence-electron chi connectivity index (χ4n) is 2.65. The Labute approximate surface area is 87.1 Å². The van der Waals surface area contributed by atoms with Crippen LogP contribution in [0.25, 0.3) is 0 Å². The molecule has 0 spiro atoms. The summed E-state index contributed by atoms with van der Waals surface area (Å²) < 4.78 is 0. The zero-order valence-electron chi connectivity index (χ0n) is 9.26. The summed E-state index contributed by atoms with van der Waals surface area (Å²) in [5.74, 6) is 0.859. The van der Waals surface area contributed by atoms with Gasteiger partial charge in [0.15, 0.2) is 0 Å². The molecular formula is C12H23NO. The first-order valence-electron chi connectivity index (χ1n) is 6.13. The third kappa shape index (κ3) is 2.12. The maximum absolute atomic E-state index is 9.53. The van der Waals surface area contributed by atoms with Gasteiger partial charge in [0.05, 0.1) is 6.61 Å². The summed E-state index contributed by atoms with van der Waals surface area (Å²) in [4.78, 5) is 0. The second kappa shape index (κ2) is 4.19. The molecule has 0 atom stereocenters. The van der Waals surface area contributed by atoms with Gasteiger partial charge in [-0.1, -0.05) is 13.3 Å². The largest absolute Gasteiger partial charge is 0.394 e. The molecule has 0 amide bonds. The number of aliphatic hydroxyl groups excluding tert-OH is 1. The highest BCUT2D eigenvalue weighted by molar-refractivity contribution is 4.95. The van der Waals surface area contributed by atoms with E-state index in [-0.39, 0.29) is 5.54 Å². The summed E-state index contributed by atoms with van der Waals surface area (Å²) in [5.41, 5.74) is 0.0809. The van der Waals surface area contributed by atoms with Gasteiger partial charge in [-0.2, -0.15) is 0 Å². The highest BCUT2D eigenvalue weighted by Crippen LogP contribution is 2.33. The Kier molecular flexibility index (Phi) is 3.13. The molecule has 0 radical (unpaired) electrons. The number of nitrogens with one attached hydrogen (secondary N) is 1. The average Bonchev–Trinajstić information content (AvgIpc) is 2.15. The molecule has 2 aliphatic carbocycles. The SMILES string of the molecule is CC1CCC(CO)(NC2CCC2)CC1. The van der Waals surface area contributed by atoms with Crippen molar-refractivity contribution in [3.8, 4) is 0 Å². The second-order valence-electron chi connectivity index (χ2n) is 5.39. The first-order chi connectivity index (χ1) is 6.74. The molecular weight excluding hydrogens is 174 g/mol. The first kappa shape index (κ1) is 10.4. The molecule has 82 valence electrons. The number of aliphatic hydroxyl groups is 1. The zero-order valence-corrected chi connectivity index (χ0v) is 9.26. The van der Waals surface area contributed by atoms with Crippen molar-refractivity contribution >= 4 is 0 Å². The highest BCUT2D eigenvalue weighted by atomic mass is 16.3. The summed E-state index contributed by atoms with van der Waals surface area (Å²) in [6, 6.07) is 0.704. The van der Waals surface area contributed by atoms with Crippen molar-refractivity contribution in [1.82, 2.24) is 5.32 Å². The quantitative estimate of drug-likeness (QED) is 0.726. The molecule has 0 aromatic rings. The second-order valence-corrected chi connectivity index (χ2v) is 5.39. The van der Waals surface area contributed by atoms with E-state index in [9.17, 15) is 5.11 Å². The van der Waals surface area contributed by atoms with Crippen molar-refractivity contribution in [2.24, 2.45) is 5.92 Å². The Morgan fingerprint density at radius 2 is 1.86 bits per heavy atom. The smallest absolute Gasteiger partial charge is 0.0613 e. The van der Waals surface area contributed by atoms with Crippen molar-refractivity contribution in [3.63, 3.8) is 0 Å². The van der Waals surface area contributed by atoms with Crippen LogP contribution in [0.1, 0.15) is 51.9 Å². The van der Waals surface area contributed by atoms with Crippen LogP contribution in [0.5, 0.6) is 0 Å². The van der Waals surface area contributed by atoms with Crippen LogP contribution in [-0.4, -0.2) is 23.3 Å². The van der Waals surface area contributed by atoms with Gasteiger partial charge in [-0.15, -0.1) is 0 Å². The van der Waals surface area contributed by atoms with E-state index in [0.717, 1.165) is 5.92 Å². The molecule has 2 N–H and O–H groups in total. The maximum Gasteiger partial charge on any atom is 0.0613 e. The van der Waals surface area contributed by atoms with Crippen LogP contribution in [0.4, 0.5) is 0 Å². The van der Waals surface area contributed by atoms with E-state index >= 15 is 0 Å². The van der Waals surface area contributed by atoms with E-state index in [1.54, 1.807) is 0 Å². The Balaban J connectivity index is 1.88. The molecule has 2 saturated carbocycles. The minimum atomic E-state index is 0.0809. The fraction of sp³-hybridized carbons (Fsp3) is 1.00. The van der Waals surface area contributed by atoms with Crippen LogP contribution in [0.2, 0.25) is 0 Å². The van der Waals surface area contributed by atoms with E-state index in [2.05, 4.69) is 12.2 Å². The summed E-state index contributed by atoms with van der Waals surface area (Å²) >= 11 is 0. The lowest BCUT2D eigenvalue weighted by molar-refractivity contribution is 0.0810. The van der Waals surface area contributed by atoms with Crippen LogP contribution in [0.15, 0.2) is 0 Å². The minimum absolute atomic E-state index is 0.0809. The minimum Gasteiger partial charge on any atom is -0.394 e. The van der Waals surface area contributed by atoms with Gasteiger partial charge in [0.1, 0.15) is 0 Å². The monoisotopic (exact) mass is 197 g/mol. The molecule has 0 heterocycles. The van der Waals surface area contributed by atoms with Gasteiger partial charge >= 0.3 is 0 Å². The predicted molar refractivity (Wildman–Crippen MR) is 58.2 cm³/mol. The molecule has 2 aliphatic rings. The van der Waals surface area contributed by atoms with E-state index in [0.29, 0.717) is 12.6 Å². The number of hydrogen-bond donors (Lipinski definition) is 2. The first-order valence-corrected chi connectivity index (χ1v) is 6.13. The third-order valence-electron chi connectivity index (χ3n) is 4.15. The van der Waals surface area contributed by atoms with Gasteiger partial charge in [-0.25, -0.2) is 0 Å². The van der Waals surface area contributed by atoms with Crippen LogP contribution in [0, 0.1) is 5.92 Å². The lowest BCUT2D eigenvalue weighted by Gasteiger charge is -2.44. The molecule has 0 bridgehead atoms. The van der Waals surface area contributed by atoms with Gasteiger partial charge < -0.3 is 10.4 Å². The Hall–Kier alpha value is -0.0800. The van der Waals surface area contributed by atoms with Crippen molar-refractivity contribution in [2.45, 2.75) is 63.5 Å². The van der Waals surface area contributed by atoms with Crippen LogP contribution in [0.3, 0.4) is 0 Å². The third-order valence-corrected chi connectivity index (χ3v) is 4.15. The maximum atomic E-state index is 9.53. The summed E-state index contributed by atoms with van der Waals surface area (Å²) in [6.07, 6.45) is 8.90. The van der Waals surface area contributed by atoms with Crippen molar-refractivity contribution < 1.29 is 5.11 Å². The molecule has 0 aromatic carbocycles. The molecule has 0 saturated heterocycles. The van der Waals surface area contributed by atoms with Crippen molar-refractivity contribution in [1.29, 1.82) is 0 Å². The van der Waals surface area contributed by atoms with Gasteiger partial charge in [0.2, 0.25) is 0 Å². The van der Waals surface area contributed by atoms with E-state index in [4.69, 9.17) is 0 Å². The Morgan fingerprint density at radius 1 is 1.21 bits per heavy atom. The van der Waals surface area contributed by atoms with Gasteiger partial charge in [0, 0.05) is 11.6 Å². The van der Waals surface area contributed by atoms with Crippen molar-refractivity contribution in [2.75, 3.05) is 6.61 Å². The van der Waals surface area contributed by atoms with E-state index in [1.807, 2.05) is 0 Å². The molecule has 2 heteroatoms. The average molecular weight is 197 g/mol. The molecule has 2 fully saturated rings. The molecule has 2 rings (SSSR count). The topological polar surface area (TPSA) is 32.3 Å². The number of hydrogen-bond acceptors (Lipinski definition) is 2. The van der Waals surface area contributed by atoms with Gasteiger partial charge in [-0.05, 0) is 44.4 Å². The van der Waals surface area contributed by atoms with E-state index in [1.165, 1.54) is 44.9 Å². The lowest BCUT2D eigenvalue weighted by Crippen LogP contribution is -2.56. The normalized spacial score (nSPS) is 39.4. The van der Waals surface area contributed by atoms with Crippen LogP contribution < -0.4 is 5.32 Å². The molecule has 2 nitrogen and oxygen atoms in total. The van der Waals surface area contributed by atoms with Crippen LogP contribution >= 0.6 is 0 Å². The standard InChI is InChI=1S/C12H23NO/c1-10-5-7-12(9-14,8-6-10)13-11-3-2-4-11/h10-11,13-14H,2-9H2,1H3. The number of rotatable bonds is 3. The Morgan fingerprint density at radius 3 is 2.29 bits per heavy atom. The molecule has 0 unspecified atom stereocenters. The molecule has 0 aromatic heterocycles. The Bertz CT molecular complexity index is 181. The predicted octanol–water partition coefficient (Wildman–Crippen LogP) is 2.07. The summed E-state index contributed by atoms with van der Waals surface area (Å²) in [7, 11) is 0.